The van der Waals surface area contributed by atoms with Crippen LogP contribution in [0.25, 0.3) is 0 Å². The third-order valence-electron chi connectivity index (χ3n) is 1.46. The van der Waals surface area contributed by atoms with E-state index < -0.39 is 30.4 Å². The molecule has 82 valence electrons. The van der Waals surface area contributed by atoms with Crippen molar-refractivity contribution in [1.29, 1.82) is 0 Å². The quantitative estimate of drug-likeness (QED) is 0.476. The highest BCUT2D eigenvalue weighted by Crippen LogP contribution is 2.31. The summed E-state index contributed by atoms with van der Waals surface area (Å²) in [6.45, 7) is 0. The van der Waals surface area contributed by atoms with Crippen LogP contribution in [0.4, 0.5) is 10.1 Å². The molecule has 0 aliphatic carbocycles. The Labute approximate surface area is 96.5 Å². The van der Waals surface area contributed by atoms with E-state index in [4.69, 9.17) is 10.7 Å². The Kier molecular flexibility index (Phi) is 3.31. The molecule has 0 unspecified atom stereocenters. The zero-order valence-corrected chi connectivity index (χ0v) is 9.94. The molecule has 1 rings (SSSR count). The first-order chi connectivity index (χ1) is 6.73. The zero-order valence-electron chi connectivity index (χ0n) is 6.78. The fourth-order valence-electron chi connectivity index (χ4n) is 0.845. The van der Waals surface area contributed by atoms with Crippen LogP contribution >= 0.6 is 26.6 Å². The molecule has 0 atom stereocenters. The van der Waals surface area contributed by atoms with Crippen LogP contribution in [-0.2, 0) is 9.05 Å². The number of benzene rings is 1. The van der Waals surface area contributed by atoms with E-state index in [0.717, 1.165) is 6.07 Å². The lowest BCUT2D eigenvalue weighted by atomic mass is 10.3. The van der Waals surface area contributed by atoms with Crippen LogP contribution in [0.2, 0.25) is 0 Å². The van der Waals surface area contributed by atoms with Crippen molar-refractivity contribution in [2.75, 3.05) is 0 Å². The summed E-state index contributed by atoms with van der Waals surface area (Å²) in [5, 5.41) is 10.4. The Hall–Kier alpha value is -0.730. The maximum Gasteiger partial charge on any atom is 0.286 e. The summed E-state index contributed by atoms with van der Waals surface area (Å²) in [5.74, 6) is -1.26. The normalized spacial score (nSPS) is 11.4. The minimum Gasteiger partial charge on any atom is -0.258 e. The molecule has 1 aromatic carbocycles. The van der Waals surface area contributed by atoms with Crippen LogP contribution < -0.4 is 0 Å². The van der Waals surface area contributed by atoms with Crippen molar-refractivity contribution in [2.24, 2.45) is 0 Å². The fourth-order valence-corrected chi connectivity index (χ4v) is 2.39. The summed E-state index contributed by atoms with van der Waals surface area (Å²) in [6.07, 6.45) is 0. The van der Waals surface area contributed by atoms with E-state index in [9.17, 15) is 22.9 Å². The van der Waals surface area contributed by atoms with Crippen molar-refractivity contribution in [3.8, 4) is 0 Å². The van der Waals surface area contributed by atoms with Gasteiger partial charge in [0.2, 0.25) is 0 Å². The van der Waals surface area contributed by atoms with Gasteiger partial charge in [-0.3, -0.25) is 10.1 Å². The standard InChI is InChI=1S/C6H2BrClFNO4S/c7-3-1-6(15(8,13)14)4(9)2-5(3)10(11)12/h1-2H. The van der Waals surface area contributed by atoms with Gasteiger partial charge in [0.1, 0.15) is 10.7 Å². The van der Waals surface area contributed by atoms with Crippen molar-refractivity contribution >= 4 is 41.4 Å². The molecule has 9 heteroatoms. The van der Waals surface area contributed by atoms with Crippen LogP contribution in [0.5, 0.6) is 0 Å². The monoisotopic (exact) mass is 317 g/mol. The number of hydrogen-bond donors (Lipinski definition) is 0. The van der Waals surface area contributed by atoms with Gasteiger partial charge in [-0.05, 0) is 22.0 Å². The van der Waals surface area contributed by atoms with Crippen LogP contribution in [-0.4, -0.2) is 13.3 Å². The average molecular weight is 319 g/mol. The summed E-state index contributed by atoms with van der Waals surface area (Å²) in [6, 6.07) is 1.23. The molecule has 5 nitrogen and oxygen atoms in total. The molecule has 0 fully saturated rings. The molecule has 0 saturated heterocycles. The van der Waals surface area contributed by atoms with E-state index in [1.165, 1.54) is 0 Å². The van der Waals surface area contributed by atoms with Gasteiger partial charge in [-0.25, -0.2) is 12.8 Å². The van der Waals surface area contributed by atoms with Crippen LogP contribution in [0.3, 0.4) is 0 Å². The Balaban J connectivity index is 3.52. The van der Waals surface area contributed by atoms with E-state index in [1.807, 2.05) is 0 Å². The minimum absolute atomic E-state index is 0.159. The average Bonchev–Trinajstić information content (AvgIpc) is 2.06. The molecule has 0 N–H and O–H groups in total. The smallest absolute Gasteiger partial charge is 0.258 e. The SMILES string of the molecule is O=[N+]([O-])c1cc(F)c(S(=O)(=O)Cl)cc1Br. The second kappa shape index (κ2) is 4.03. The Bertz CT molecular complexity index is 532. The van der Waals surface area contributed by atoms with E-state index >= 15 is 0 Å². The number of hydrogen-bond acceptors (Lipinski definition) is 4. The third-order valence-corrected chi connectivity index (χ3v) is 3.43. The topological polar surface area (TPSA) is 77.3 Å². The number of nitro groups is 1. The van der Waals surface area contributed by atoms with Gasteiger partial charge in [-0.15, -0.1) is 0 Å². The van der Waals surface area contributed by atoms with Crippen LogP contribution in [0, 0.1) is 15.9 Å². The molecule has 0 amide bonds. The lowest BCUT2D eigenvalue weighted by Crippen LogP contribution is -1.98. The highest BCUT2D eigenvalue weighted by Gasteiger charge is 2.22. The molecule has 0 saturated carbocycles. The Morgan fingerprint density at radius 2 is 2.00 bits per heavy atom. The molecular weight excluding hydrogens is 316 g/mol. The highest BCUT2D eigenvalue weighted by atomic mass is 79.9. The molecule has 1 aromatic rings. The summed E-state index contributed by atoms with van der Waals surface area (Å²) in [4.78, 5) is 8.71. The zero-order chi connectivity index (χ0) is 11.8. The summed E-state index contributed by atoms with van der Waals surface area (Å²) < 4.78 is 34.6. The van der Waals surface area contributed by atoms with Crippen molar-refractivity contribution in [2.45, 2.75) is 4.90 Å². The third kappa shape index (κ3) is 2.64. The van der Waals surface area contributed by atoms with Gasteiger partial charge < -0.3 is 0 Å². The maximum atomic E-state index is 13.1. The Morgan fingerprint density at radius 1 is 1.47 bits per heavy atom. The highest BCUT2D eigenvalue weighted by molar-refractivity contribution is 9.10. The van der Waals surface area contributed by atoms with Crippen molar-refractivity contribution in [3.05, 3.63) is 32.5 Å². The second-order valence-electron chi connectivity index (χ2n) is 2.43. The maximum absolute atomic E-state index is 13.1. The predicted molar refractivity (Wildman–Crippen MR) is 53.8 cm³/mol. The van der Waals surface area contributed by atoms with Gasteiger partial charge >= 0.3 is 0 Å². The lowest BCUT2D eigenvalue weighted by Gasteiger charge is -2.00. The molecule has 0 radical (unpaired) electrons. The summed E-state index contributed by atoms with van der Waals surface area (Å²) in [7, 11) is 0.655. The molecule has 0 aliphatic heterocycles. The molecule has 0 aromatic heterocycles. The van der Waals surface area contributed by atoms with Crippen LogP contribution in [0.1, 0.15) is 0 Å². The first-order valence-corrected chi connectivity index (χ1v) is 6.42. The van der Waals surface area contributed by atoms with Crippen LogP contribution in [0.15, 0.2) is 21.5 Å². The molecule has 0 bridgehead atoms. The largest absolute Gasteiger partial charge is 0.286 e. The minimum atomic E-state index is -4.25. The molecular formula is C6H2BrClFNO4S. The fraction of sp³-hybridized carbons (Fsp3) is 0. The van der Waals surface area contributed by atoms with Gasteiger partial charge in [0.15, 0.2) is 0 Å². The first-order valence-electron chi connectivity index (χ1n) is 3.31. The number of nitrogens with zero attached hydrogens (tertiary/aromatic N) is 1. The first kappa shape index (κ1) is 12.3. The van der Waals surface area contributed by atoms with Crippen molar-refractivity contribution in [1.82, 2.24) is 0 Å². The van der Waals surface area contributed by atoms with Gasteiger partial charge in [-0.2, -0.15) is 0 Å². The number of nitro benzene ring substituents is 1. The second-order valence-corrected chi connectivity index (χ2v) is 5.82. The van der Waals surface area contributed by atoms with E-state index in [1.54, 1.807) is 0 Å². The van der Waals surface area contributed by atoms with Gasteiger partial charge in [0, 0.05) is 10.7 Å². The van der Waals surface area contributed by atoms with Gasteiger partial charge in [-0.1, -0.05) is 0 Å². The number of rotatable bonds is 2. The van der Waals surface area contributed by atoms with Crippen molar-refractivity contribution in [3.63, 3.8) is 0 Å². The Morgan fingerprint density at radius 3 is 2.40 bits per heavy atom. The van der Waals surface area contributed by atoms with Gasteiger partial charge in [0.25, 0.3) is 14.7 Å². The summed E-state index contributed by atoms with van der Waals surface area (Å²) in [5.41, 5.74) is -0.573. The molecule has 0 heterocycles. The predicted octanol–water partition coefficient (Wildman–Crippen LogP) is 2.42. The van der Waals surface area contributed by atoms with E-state index in [-0.39, 0.29) is 4.47 Å². The molecule has 0 aliphatic rings. The molecule has 15 heavy (non-hydrogen) atoms. The van der Waals surface area contributed by atoms with Gasteiger partial charge in [0.05, 0.1) is 15.5 Å². The number of halogens is 3. The van der Waals surface area contributed by atoms with E-state index in [2.05, 4.69) is 15.9 Å². The lowest BCUT2D eigenvalue weighted by molar-refractivity contribution is -0.385. The van der Waals surface area contributed by atoms with E-state index in [0.29, 0.717) is 6.07 Å². The molecule has 0 spiro atoms. The van der Waals surface area contributed by atoms with Crippen molar-refractivity contribution < 1.29 is 17.7 Å². The summed E-state index contributed by atoms with van der Waals surface area (Å²) >= 11 is 2.74.